The molecule has 2 heterocycles. The Labute approximate surface area is 93.0 Å². The number of aromatic nitrogens is 2. The average Bonchev–Trinajstić information content (AvgIpc) is 2.74. The number of hydrogen-bond donors (Lipinski definition) is 0. The Morgan fingerprint density at radius 2 is 2.56 bits per heavy atom. The van der Waals surface area contributed by atoms with E-state index in [1.807, 2.05) is 6.07 Å². The van der Waals surface area contributed by atoms with E-state index in [-0.39, 0.29) is 5.91 Å². The summed E-state index contributed by atoms with van der Waals surface area (Å²) in [7, 11) is 1.77. The van der Waals surface area contributed by atoms with Crippen molar-refractivity contribution in [3.63, 3.8) is 0 Å². The van der Waals surface area contributed by atoms with Crippen LogP contribution in [-0.4, -0.2) is 46.2 Å². The van der Waals surface area contributed by atoms with Gasteiger partial charge in [-0.2, -0.15) is 5.26 Å². The molecule has 0 bridgehead atoms. The topological polar surface area (TPSA) is 71.2 Å². The summed E-state index contributed by atoms with van der Waals surface area (Å²) in [6, 6.07) is 2.01. The molecule has 0 spiro atoms. The number of rotatable bonds is 1. The van der Waals surface area contributed by atoms with E-state index in [0.29, 0.717) is 25.4 Å². The van der Waals surface area contributed by atoms with Crippen LogP contribution in [0.1, 0.15) is 10.5 Å². The first-order chi connectivity index (χ1) is 7.72. The normalized spacial score (nSPS) is 20.5. The maximum Gasteiger partial charge on any atom is 0.272 e. The lowest BCUT2D eigenvalue weighted by Gasteiger charge is -2.29. The number of imidazole rings is 1. The second-order valence-corrected chi connectivity index (χ2v) is 3.63. The summed E-state index contributed by atoms with van der Waals surface area (Å²) in [6.07, 6.45) is 2.58. The summed E-state index contributed by atoms with van der Waals surface area (Å²) in [5, 5.41) is 8.75. The van der Waals surface area contributed by atoms with Crippen LogP contribution in [-0.2, 0) is 11.8 Å². The van der Waals surface area contributed by atoms with Crippen molar-refractivity contribution in [3.05, 3.63) is 18.2 Å². The minimum Gasteiger partial charge on any atom is -0.360 e. The molecule has 0 aromatic carbocycles. The molecule has 2 rings (SSSR count). The molecule has 1 atom stereocenters. The fourth-order valence-corrected chi connectivity index (χ4v) is 1.64. The first-order valence-corrected chi connectivity index (χ1v) is 4.99. The molecule has 0 N–H and O–H groups in total. The minimum atomic E-state index is -0.522. The Hall–Kier alpha value is -1.87. The first-order valence-electron chi connectivity index (χ1n) is 4.99. The maximum atomic E-state index is 12.0. The molecule has 84 valence electrons. The third-order valence-electron chi connectivity index (χ3n) is 2.53. The van der Waals surface area contributed by atoms with Crippen LogP contribution in [0.3, 0.4) is 0 Å². The van der Waals surface area contributed by atoms with E-state index in [2.05, 4.69) is 4.98 Å². The molecule has 1 unspecified atom stereocenters. The Morgan fingerprint density at radius 1 is 1.75 bits per heavy atom. The van der Waals surface area contributed by atoms with Gasteiger partial charge < -0.3 is 14.2 Å². The number of ether oxygens (including phenoxy) is 1. The Balaban J connectivity index is 2.11. The summed E-state index contributed by atoms with van der Waals surface area (Å²) in [4.78, 5) is 17.6. The highest BCUT2D eigenvalue weighted by atomic mass is 16.5. The van der Waals surface area contributed by atoms with E-state index in [1.54, 1.807) is 22.8 Å². The third-order valence-corrected chi connectivity index (χ3v) is 2.53. The molecule has 0 aliphatic carbocycles. The molecule has 16 heavy (non-hydrogen) atoms. The molecule has 1 aliphatic heterocycles. The minimum absolute atomic E-state index is 0.108. The van der Waals surface area contributed by atoms with Crippen LogP contribution in [0.5, 0.6) is 0 Å². The second kappa shape index (κ2) is 4.33. The Kier molecular flexibility index (Phi) is 2.88. The van der Waals surface area contributed by atoms with Gasteiger partial charge in [0.15, 0.2) is 6.10 Å². The molecular weight excluding hydrogens is 208 g/mol. The lowest BCUT2D eigenvalue weighted by atomic mass is 10.2. The summed E-state index contributed by atoms with van der Waals surface area (Å²) in [5.74, 6) is -0.108. The fourth-order valence-electron chi connectivity index (χ4n) is 1.64. The molecule has 1 fully saturated rings. The molecule has 1 saturated heterocycles. The highest BCUT2D eigenvalue weighted by Crippen LogP contribution is 2.09. The lowest BCUT2D eigenvalue weighted by Crippen LogP contribution is -2.45. The molecule has 6 heteroatoms. The largest absolute Gasteiger partial charge is 0.360 e. The molecule has 0 radical (unpaired) electrons. The number of amides is 1. The number of carbonyl (C=O) groups is 1. The van der Waals surface area contributed by atoms with Crippen molar-refractivity contribution in [3.8, 4) is 6.07 Å². The highest BCUT2D eigenvalue weighted by molar-refractivity contribution is 5.92. The number of morpholine rings is 1. The van der Waals surface area contributed by atoms with Crippen molar-refractivity contribution in [2.24, 2.45) is 7.05 Å². The van der Waals surface area contributed by atoms with Crippen LogP contribution in [0.4, 0.5) is 0 Å². The van der Waals surface area contributed by atoms with Crippen LogP contribution in [0.2, 0.25) is 0 Å². The van der Waals surface area contributed by atoms with Crippen molar-refractivity contribution >= 4 is 5.91 Å². The molecule has 1 aromatic rings. The fraction of sp³-hybridized carbons (Fsp3) is 0.500. The predicted octanol–water partition coefficient (Wildman–Crippen LogP) is -0.215. The van der Waals surface area contributed by atoms with Gasteiger partial charge in [-0.15, -0.1) is 0 Å². The number of aryl methyl sites for hydroxylation is 1. The number of carbonyl (C=O) groups excluding carboxylic acids is 1. The third kappa shape index (κ3) is 1.90. The standard InChI is InChI=1S/C10H12N4O2/c1-13-7-12-5-9(13)10(15)14-2-3-16-8(4-11)6-14/h5,7-8H,2-3,6H2,1H3. The van der Waals surface area contributed by atoms with E-state index >= 15 is 0 Å². The van der Waals surface area contributed by atoms with Crippen molar-refractivity contribution < 1.29 is 9.53 Å². The van der Waals surface area contributed by atoms with Crippen LogP contribution < -0.4 is 0 Å². The van der Waals surface area contributed by atoms with Crippen LogP contribution >= 0.6 is 0 Å². The van der Waals surface area contributed by atoms with E-state index < -0.39 is 6.10 Å². The van der Waals surface area contributed by atoms with Gasteiger partial charge >= 0.3 is 0 Å². The van der Waals surface area contributed by atoms with Gasteiger partial charge in [0.05, 0.1) is 31.7 Å². The predicted molar refractivity (Wildman–Crippen MR) is 54.5 cm³/mol. The zero-order chi connectivity index (χ0) is 11.5. The highest BCUT2D eigenvalue weighted by Gasteiger charge is 2.26. The van der Waals surface area contributed by atoms with Gasteiger partial charge in [-0.3, -0.25) is 4.79 Å². The van der Waals surface area contributed by atoms with Gasteiger partial charge in [0, 0.05) is 13.6 Å². The van der Waals surface area contributed by atoms with E-state index in [0.717, 1.165) is 0 Å². The molecule has 0 saturated carbocycles. The molecule has 1 amide bonds. The Morgan fingerprint density at radius 3 is 3.19 bits per heavy atom. The lowest BCUT2D eigenvalue weighted by molar-refractivity contribution is 0.00303. The molecule has 1 aliphatic rings. The van der Waals surface area contributed by atoms with E-state index in [9.17, 15) is 4.79 Å². The summed E-state index contributed by atoms with van der Waals surface area (Å²) >= 11 is 0. The van der Waals surface area contributed by atoms with Crippen molar-refractivity contribution in [2.45, 2.75) is 6.10 Å². The second-order valence-electron chi connectivity index (χ2n) is 3.63. The van der Waals surface area contributed by atoms with Gasteiger partial charge in [0.1, 0.15) is 5.69 Å². The SMILES string of the molecule is Cn1cncc1C(=O)N1CCOC(C#N)C1. The van der Waals surface area contributed by atoms with Gasteiger partial charge in [-0.05, 0) is 0 Å². The molecule has 6 nitrogen and oxygen atoms in total. The summed E-state index contributed by atoms with van der Waals surface area (Å²) < 4.78 is 6.84. The van der Waals surface area contributed by atoms with Gasteiger partial charge in [0.25, 0.3) is 5.91 Å². The monoisotopic (exact) mass is 220 g/mol. The van der Waals surface area contributed by atoms with Gasteiger partial charge in [-0.25, -0.2) is 4.98 Å². The Bertz CT molecular complexity index is 434. The average molecular weight is 220 g/mol. The van der Waals surface area contributed by atoms with E-state index in [1.165, 1.54) is 6.20 Å². The van der Waals surface area contributed by atoms with Crippen LogP contribution in [0.15, 0.2) is 12.5 Å². The van der Waals surface area contributed by atoms with Crippen molar-refractivity contribution in [2.75, 3.05) is 19.7 Å². The molecular formula is C10H12N4O2. The van der Waals surface area contributed by atoms with E-state index in [4.69, 9.17) is 10.00 Å². The number of nitriles is 1. The number of hydrogen-bond acceptors (Lipinski definition) is 4. The van der Waals surface area contributed by atoms with Gasteiger partial charge in [-0.1, -0.05) is 0 Å². The zero-order valence-electron chi connectivity index (χ0n) is 8.96. The van der Waals surface area contributed by atoms with Crippen molar-refractivity contribution in [1.82, 2.24) is 14.5 Å². The number of nitrogens with zero attached hydrogens (tertiary/aromatic N) is 4. The summed E-state index contributed by atoms with van der Waals surface area (Å²) in [5.41, 5.74) is 0.526. The van der Waals surface area contributed by atoms with Crippen LogP contribution in [0.25, 0.3) is 0 Å². The smallest absolute Gasteiger partial charge is 0.272 e. The first kappa shape index (κ1) is 10.6. The zero-order valence-corrected chi connectivity index (χ0v) is 8.96. The maximum absolute atomic E-state index is 12.0. The van der Waals surface area contributed by atoms with Crippen molar-refractivity contribution in [1.29, 1.82) is 5.26 Å². The quantitative estimate of drug-likeness (QED) is 0.656. The van der Waals surface area contributed by atoms with Gasteiger partial charge in [0.2, 0.25) is 0 Å². The summed E-state index contributed by atoms with van der Waals surface area (Å²) in [6.45, 7) is 1.24. The molecule has 1 aromatic heterocycles. The van der Waals surface area contributed by atoms with Crippen LogP contribution in [0, 0.1) is 11.3 Å².